The predicted molar refractivity (Wildman–Crippen MR) is 84.6 cm³/mol. The smallest absolute Gasteiger partial charge is 0.261 e. The lowest BCUT2D eigenvalue weighted by Gasteiger charge is -2.25. The van der Waals surface area contributed by atoms with Crippen molar-refractivity contribution in [1.29, 1.82) is 0 Å². The standard InChI is InChI=1S/C15H16N2O3S2/c18-14(13-7-5-11-21-13)12-6-4-8-16-15(12)22(19,20)17-9-2-1-3-10-17/h4-8,11H,1-3,9-10H2. The molecule has 22 heavy (non-hydrogen) atoms. The van der Waals surface area contributed by atoms with Crippen molar-refractivity contribution in [3.8, 4) is 0 Å². The minimum atomic E-state index is -3.72. The summed E-state index contributed by atoms with van der Waals surface area (Å²) in [5.41, 5.74) is 0.149. The Hall–Kier alpha value is -1.57. The molecule has 1 aliphatic rings. The summed E-state index contributed by atoms with van der Waals surface area (Å²) in [6, 6.07) is 6.59. The molecule has 2 aromatic rings. The molecule has 0 saturated carbocycles. The molecule has 116 valence electrons. The molecule has 0 radical (unpaired) electrons. The van der Waals surface area contributed by atoms with Crippen LogP contribution in [0.1, 0.15) is 34.5 Å². The zero-order valence-electron chi connectivity index (χ0n) is 11.9. The molecule has 1 fully saturated rings. The number of piperidine rings is 1. The monoisotopic (exact) mass is 336 g/mol. The highest BCUT2D eigenvalue weighted by Crippen LogP contribution is 2.24. The van der Waals surface area contributed by atoms with Crippen LogP contribution in [0.2, 0.25) is 0 Å². The fourth-order valence-corrected chi connectivity index (χ4v) is 4.83. The minimum absolute atomic E-state index is 0.129. The summed E-state index contributed by atoms with van der Waals surface area (Å²) in [6.45, 7) is 0.983. The number of carbonyl (C=O) groups is 1. The van der Waals surface area contributed by atoms with Gasteiger partial charge in [0.25, 0.3) is 10.0 Å². The van der Waals surface area contributed by atoms with E-state index in [1.165, 1.54) is 27.9 Å². The fraction of sp³-hybridized carbons (Fsp3) is 0.333. The number of ketones is 1. The van der Waals surface area contributed by atoms with E-state index >= 15 is 0 Å². The SMILES string of the molecule is O=C(c1cccs1)c1cccnc1S(=O)(=O)N1CCCCC1. The van der Waals surface area contributed by atoms with Gasteiger partial charge in [-0.15, -0.1) is 11.3 Å². The van der Waals surface area contributed by atoms with E-state index in [4.69, 9.17) is 0 Å². The van der Waals surface area contributed by atoms with Gasteiger partial charge in [0.1, 0.15) is 0 Å². The van der Waals surface area contributed by atoms with Crippen molar-refractivity contribution >= 4 is 27.1 Å². The van der Waals surface area contributed by atoms with Gasteiger partial charge in [0, 0.05) is 19.3 Å². The molecule has 0 N–H and O–H groups in total. The summed E-state index contributed by atoms with van der Waals surface area (Å²) in [5.74, 6) is -0.293. The summed E-state index contributed by atoms with van der Waals surface area (Å²) in [7, 11) is -3.72. The zero-order chi connectivity index (χ0) is 15.6. The van der Waals surface area contributed by atoms with Crippen LogP contribution >= 0.6 is 11.3 Å². The third-order valence-electron chi connectivity index (χ3n) is 3.66. The third kappa shape index (κ3) is 2.84. The second-order valence-corrected chi connectivity index (χ2v) is 7.93. The maximum absolute atomic E-state index is 12.8. The Morgan fingerprint density at radius 1 is 1.14 bits per heavy atom. The molecule has 1 saturated heterocycles. The molecule has 0 atom stereocenters. The quantitative estimate of drug-likeness (QED) is 0.805. The topological polar surface area (TPSA) is 67.3 Å². The van der Waals surface area contributed by atoms with Crippen LogP contribution in [0, 0.1) is 0 Å². The zero-order valence-corrected chi connectivity index (χ0v) is 13.6. The Balaban J connectivity index is 2.02. The van der Waals surface area contributed by atoms with E-state index < -0.39 is 10.0 Å². The van der Waals surface area contributed by atoms with Gasteiger partial charge >= 0.3 is 0 Å². The van der Waals surface area contributed by atoms with Crippen molar-refractivity contribution in [3.63, 3.8) is 0 Å². The molecule has 0 aromatic carbocycles. The van der Waals surface area contributed by atoms with Gasteiger partial charge in [-0.2, -0.15) is 4.31 Å². The van der Waals surface area contributed by atoms with Crippen LogP contribution < -0.4 is 0 Å². The van der Waals surface area contributed by atoms with Gasteiger partial charge in [0.05, 0.1) is 10.4 Å². The second kappa shape index (κ2) is 6.28. The average Bonchev–Trinajstić information content (AvgIpc) is 3.09. The van der Waals surface area contributed by atoms with Crippen molar-refractivity contribution < 1.29 is 13.2 Å². The Morgan fingerprint density at radius 2 is 1.91 bits per heavy atom. The summed E-state index contributed by atoms with van der Waals surface area (Å²) >= 11 is 1.30. The summed E-state index contributed by atoms with van der Waals surface area (Å²) in [4.78, 5) is 17.1. The lowest BCUT2D eigenvalue weighted by Crippen LogP contribution is -2.36. The molecule has 2 aromatic heterocycles. The van der Waals surface area contributed by atoms with E-state index in [2.05, 4.69) is 4.98 Å². The highest BCUT2D eigenvalue weighted by atomic mass is 32.2. The van der Waals surface area contributed by atoms with E-state index in [0.717, 1.165) is 19.3 Å². The summed E-state index contributed by atoms with van der Waals surface area (Å²) < 4.78 is 27.0. The largest absolute Gasteiger partial charge is 0.288 e. The number of aromatic nitrogens is 1. The molecule has 3 heterocycles. The first-order valence-corrected chi connectivity index (χ1v) is 9.46. The van der Waals surface area contributed by atoms with E-state index in [9.17, 15) is 13.2 Å². The Bertz CT molecular complexity index is 764. The fourth-order valence-electron chi connectivity index (χ4n) is 2.54. The maximum atomic E-state index is 12.8. The lowest BCUT2D eigenvalue weighted by molar-refractivity contribution is 0.103. The van der Waals surface area contributed by atoms with E-state index in [1.54, 1.807) is 23.6 Å². The van der Waals surface area contributed by atoms with Crippen LogP contribution in [0.15, 0.2) is 40.9 Å². The molecule has 3 rings (SSSR count). The highest BCUT2D eigenvalue weighted by Gasteiger charge is 2.31. The number of carbonyl (C=O) groups excluding carboxylic acids is 1. The van der Waals surface area contributed by atoms with Gasteiger partial charge in [-0.3, -0.25) is 4.79 Å². The normalized spacial score (nSPS) is 16.5. The summed E-state index contributed by atoms with van der Waals surface area (Å²) in [6.07, 6.45) is 4.15. The van der Waals surface area contributed by atoms with Gasteiger partial charge in [-0.05, 0) is 36.4 Å². The first-order chi connectivity index (χ1) is 10.6. The van der Waals surface area contributed by atoms with E-state index in [-0.39, 0.29) is 16.4 Å². The minimum Gasteiger partial charge on any atom is -0.288 e. The molecular weight excluding hydrogens is 320 g/mol. The first-order valence-electron chi connectivity index (χ1n) is 7.14. The Morgan fingerprint density at radius 3 is 2.59 bits per heavy atom. The van der Waals surface area contributed by atoms with Gasteiger partial charge < -0.3 is 0 Å². The van der Waals surface area contributed by atoms with Crippen LogP contribution in [0.5, 0.6) is 0 Å². The number of rotatable bonds is 4. The molecule has 0 spiro atoms. The first kappa shape index (κ1) is 15.3. The van der Waals surface area contributed by atoms with Crippen molar-refractivity contribution in [2.45, 2.75) is 24.3 Å². The number of pyridine rings is 1. The predicted octanol–water partition coefficient (Wildman–Crippen LogP) is 2.55. The van der Waals surface area contributed by atoms with Gasteiger partial charge in [-0.1, -0.05) is 12.5 Å². The van der Waals surface area contributed by atoms with Crippen LogP contribution in [-0.2, 0) is 10.0 Å². The van der Waals surface area contributed by atoms with Crippen LogP contribution in [-0.4, -0.2) is 36.6 Å². The Kier molecular flexibility index (Phi) is 4.37. The number of hydrogen-bond acceptors (Lipinski definition) is 5. The van der Waals surface area contributed by atoms with E-state index in [1.807, 2.05) is 0 Å². The van der Waals surface area contributed by atoms with Crippen molar-refractivity contribution in [2.24, 2.45) is 0 Å². The molecule has 5 nitrogen and oxygen atoms in total. The second-order valence-electron chi connectivity index (χ2n) is 5.13. The molecule has 0 amide bonds. The number of hydrogen-bond donors (Lipinski definition) is 0. The van der Waals surface area contributed by atoms with Crippen LogP contribution in [0.4, 0.5) is 0 Å². The molecule has 7 heteroatoms. The van der Waals surface area contributed by atoms with Crippen molar-refractivity contribution in [1.82, 2.24) is 9.29 Å². The molecule has 0 aliphatic carbocycles. The maximum Gasteiger partial charge on any atom is 0.261 e. The molecule has 0 bridgehead atoms. The van der Waals surface area contributed by atoms with Crippen molar-refractivity contribution in [3.05, 3.63) is 46.3 Å². The van der Waals surface area contributed by atoms with Gasteiger partial charge in [0.15, 0.2) is 5.03 Å². The highest BCUT2D eigenvalue weighted by molar-refractivity contribution is 7.89. The van der Waals surface area contributed by atoms with Gasteiger partial charge in [0.2, 0.25) is 5.78 Å². The third-order valence-corrected chi connectivity index (χ3v) is 6.39. The Labute approximate surface area is 133 Å². The van der Waals surface area contributed by atoms with Crippen LogP contribution in [0.3, 0.4) is 0 Å². The number of nitrogens with zero attached hydrogens (tertiary/aromatic N) is 2. The number of thiophene rings is 1. The molecule has 1 aliphatic heterocycles. The lowest BCUT2D eigenvalue weighted by atomic mass is 10.1. The van der Waals surface area contributed by atoms with Crippen molar-refractivity contribution in [2.75, 3.05) is 13.1 Å². The van der Waals surface area contributed by atoms with Gasteiger partial charge in [-0.25, -0.2) is 13.4 Å². The number of sulfonamides is 1. The summed E-state index contributed by atoms with van der Waals surface area (Å²) in [5, 5.41) is 1.66. The van der Waals surface area contributed by atoms with Crippen LogP contribution in [0.25, 0.3) is 0 Å². The van der Waals surface area contributed by atoms with E-state index in [0.29, 0.717) is 18.0 Å². The molecular formula is C15H16N2O3S2. The molecule has 0 unspecified atom stereocenters. The average molecular weight is 336 g/mol.